The van der Waals surface area contributed by atoms with Crippen molar-refractivity contribution in [2.75, 3.05) is 0 Å². The molecule has 0 saturated heterocycles. The molecule has 0 aliphatic rings. The Balaban J connectivity index is 2.73. The highest BCUT2D eigenvalue weighted by Gasteiger charge is 1.96. The summed E-state index contributed by atoms with van der Waals surface area (Å²) in [6.45, 7) is 6.23. The lowest BCUT2D eigenvalue weighted by Gasteiger charge is -2.02. The number of aryl methyl sites for hydroxylation is 1. The van der Waals surface area contributed by atoms with Gasteiger partial charge in [-0.15, -0.1) is 0 Å². The van der Waals surface area contributed by atoms with Gasteiger partial charge in [-0.05, 0) is 43.9 Å². The largest absolute Gasteiger partial charge is 0.508 e. The molecule has 76 valence electrons. The molecular formula is C13H18O. The van der Waals surface area contributed by atoms with E-state index in [2.05, 4.69) is 19.9 Å². The summed E-state index contributed by atoms with van der Waals surface area (Å²) in [5.41, 5.74) is 3.62. The van der Waals surface area contributed by atoms with Crippen molar-refractivity contribution in [1.29, 1.82) is 0 Å². The lowest BCUT2D eigenvalue weighted by atomic mass is 10.1. The number of benzene rings is 1. The summed E-state index contributed by atoms with van der Waals surface area (Å²) in [7, 11) is 0. The van der Waals surface area contributed by atoms with Crippen LogP contribution in [0.4, 0.5) is 0 Å². The summed E-state index contributed by atoms with van der Waals surface area (Å²) in [6, 6.07) is 5.77. The lowest BCUT2D eigenvalue weighted by Crippen LogP contribution is -1.84. The van der Waals surface area contributed by atoms with Crippen molar-refractivity contribution in [2.24, 2.45) is 0 Å². The molecule has 14 heavy (non-hydrogen) atoms. The summed E-state index contributed by atoms with van der Waals surface area (Å²) in [5, 5.41) is 9.35. The molecule has 0 unspecified atom stereocenters. The van der Waals surface area contributed by atoms with Crippen LogP contribution in [0.2, 0.25) is 0 Å². The fraction of sp³-hybridized carbons (Fsp3) is 0.385. The minimum atomic E-state index is 0.380. The number of aromatic hydroxyl groups is 1. The van der Waals surface area contributed by atoms with E-state index in [9.17, 15) is 5.11 Å². The van der Waals surface area contributed by atoms with Crippen LogP contribution in [0.3, 0.4) is 0 Å². The number of rotatable bonds is 3. The van der Waals surface area contributed by atoms with E-state index >= 15 is 0 Å². The highest BCUT2D eigenvalue weighted by atomic mass is 16.3. The van der Waals surface area contributed by atoms with E-state index in [4.69, 9.17) is 0 Å². The lowest BCUT2D eigenvalue weighted by molar-refractivity contribution is 0.471. The maximum atomic E-state index is 9.35. The van der Waals surface area contributed by atoms with Crippen LogP contribution in [0.15, 0.2) is 29.8 Å². The molecule has 0 bridgehead atoms. The summed E-state index contributed by atoms with van der Waals surface area (Å²) in [4.78, 5) is 0. The Morgan fingerprint density at radius 1 is 1.43 bits per heavy atom. The van der Waals surface area contributed by atoms with Gasteiger partial charge in [0.05, 0.1) is 0 Å². The fourth-order valence-electron chi connectivity index (χ4n) is 1.28. The third kappa shape index (κ3) is 2.91. The van der Waals surface area contributed by atoms with Crippen LogP contribution in [0.1, 0.15) is 31.4 Å². The van der Waals surface area contributed by atoms with Gasteiger partial charge in [0, 0.05) is 0 Å². The van der Waals surface area contributed by atoms with Crippen molar-refractivity contribution in [3.05, 3.63) is 41.0 Å². The summed E-state index contributed by atoms with van der Waals surface area (Å²) >= 11 is 0. The predicted octanol–water partition coefficient (Wildman–Crippen LogP) is 3.60. The molecule has 1 N–H and O–H groups in total. The second kappa shape index (κ2) is 4.85. The fourth-order valence-corrected chi connectivity index (χ4v) is 1.28. The van der Waals surface area contributed by atoms with Crippen LogP contribution in [-0.4, -0.2) is 5.11 Å². The van der Waals surface area contributed by atoms with Gasteiger partial charge < -0.3 is 5.11 Å². The van der Waals surface area contributed by atoms with Crippen LogP contribution in [0, 0.1) is 6.92 Å². The minimum Gasteiger partial charge on any atom is -0.508 e. The average Bonchev–Trinajstić information content (AvgIpc) is 2.19. The van der Waals surface area contributed by atoms with Crippen LogP contribution in [-0.2, 0) is 6.42 Å². The Kier molecular flexibility index (Phi) is 3.75. The highest BCUT2D eigenvalue weighted by molar-refractivity contribution is 5.35. The molecule has 1 aromatic carbocycles. The monoisotopic (exact) mass is 190 g/mol. The molecule has 0 radical (unpaired) electrons. The van der Waals surface area contributed by atoms with Crippen molar-refractivity contribution >= 4 is 0 Å². The van der Waals surface area contributed by atoms with Crippen LogP contribution >= 0.6 is 0 Å². The zero-order chi connectivity index (χ0) is 10.6. The molecule has 0 heterocycles. The van der Waals surface area contributed by atoms with Gasteiger partial charge >= 0.3 is 0 Å². The molecular weight excluding hydrogens is 172 g/mol. The average molecular weight is 190 g/mol. The van der Waals surface area contributed by atoms with Gasteiger partial charge in [-0.1, -0.05) is 30.7 Å². The molecule has 1 heteroatoms. The van der Waals surface area contributed by atoms with E-state index in [0.29, 0.717) is 5.75 Å². The molecule has 0 aliphatic heterocycles. The Morgan fingerprint density at radius 3 is 2.71 bits per heavy atom. The molecule has 0 aromatic heterocycles. The molecule has 0 atom stereocenters. The first kappa shape index (κ1) is 10.8. The highest BCUT2D eigenvalue weighted by Crippen LogP contribution is 2.17. The number of allylic oxidation sites excluding steroid dienone is 2. The Hall–Kier alpha value is -1.24. The smallest absolute Gasteiger partial charge is 0.118 e. The number of hydrogen-bond acceptors (Lipinski definition) is 1. The summed E-state index contributed by atoms with van der Waals surface area (Å²) in [5.74, 6) is 0.380. The van der Waals surface area contributed by atoms with E-state index < -0.39 is 0 Å². The van der Waals surface area contributed by atoms with E-state index in [1.807, 2.05) is 19.1 Å². The van der Waals surface area contributed by atoms with Gasteiger partial charge in [-0.2, -0.15) is 0 Å². The van der Waals surface area contributed by atoms with Gasteiger partial charge in [-0.3, -0.25) is 0 Å². The van der Waals surface area contributed by atoms with E-state index in [1.54, 1.807) is 6.07 Å². The molecule has 0 amide bonds. The van der Waals surface area contributed by atoms with Crippen molar-refractivity contribution in [2.45, 2.75) is 33.6 Å². The first-order valence-corrected chi connectivity index (χ1v) is 5.07. The molecule has 0 fully saturated rings. The molecule has 0 saturated carbocycles. The normalized spacial score (nSPS) is 11.8. The van der Waals surface area contributed by atoms with E-state index in [1.165, 1.54) is 11.1 Å². The van der Waals surface area contributed by atoms with Gasteiger partial charge in [0.15, 0.2) is 0 Å². The maximum absolute atomic E-state index is 9.35. The van der Waals surface area contributed by atoms with Crippen molar-refractivity contribution in [3.63, 3.8) is 0 Å². The molecule has 1 nitrogen and oxygen atoms in total. The van der Waals surface area contributed by atoms with Crippen molar-refractivity contribution in [3.8, 4) is 5.75 Å². The Morgan fingerprint density at radius 2 is 2.14 bits per heavy atom. The van der Waals surface area contributed by atoms with Gasteiger partial charge in [0.25, 0.3) is 0 Å². The third-order valence-electron chi connectivity index (χ3n) is 2.51. The predicted molar refractivity (Wildman–Crippen MR) is 60.6 cm³/mol. The summed E-state index contributed by atoms with van der Waals surface area (Å²) < 4.78 is 0. The van der Waals surface area contributed by atoms with E-state index in [0.717, 1.165) is 18.4 Å². The minimum absolute atomic E-state index is 0.380. The number of phenolic OH excluding ortho intramolecular Hbond substituents is 1. The SMILES string of the molecule is CC/C(C)=C/Cc1ccc(O)c(C)c1. The zero-order valence-corrected chi connectivity index (χ0v) is 9.17. The zero-order valence-electron chi connectivity index (χ0n) is 9.17. The van der Waals surface area contributed by atoms with Crippen molar-refractivity contribution < 1.29 is 5.11 Å². The Labute approximate surface area is 86.1 Å². The first-order chi connectivity index (χ1) is 6.63. The van der Waals surface area contributed by atoms with Gasteiger partial charge in [0.1, 0.15) is 5.75 Å². The quantitative estimate of drug-likeness (QED) is 0.722. The standard InChI is InChI=1S/C13H18O/c1-4-10(2)5-6-12-7-8-13(14)11(3)9-12/h5,7-9,14H,4,6H2,1-3H3/b10-5+. The van der Waals surface area contributed by atoms with Gasteiger partial charge in [0.2, 0.25) is 0 Å². The topological polar surface area (TPSA) is 20.2 Å². The molecule has 1 aromatic rings. The van der Waals surface area contributed by atoms with Crippen LogP contribution in [0.5, 0.6) is 5.75 Å². The molecule has 0 spiro atoms. The summed E-state index contributed by atoms with van der Waals surface area (Å²) in [6.07, 6.45) is 4.31. The second-order valence-electron chi connectivity index (χ2n) is 3.73. The molecule has 1 rings (SSSR count). The second-order valence-corrected chi connectivity index (χ2v) is 3.73. The van der Waals surface area contributed by atoms with Crippen LogP contribution < -0.4 is 0 Å². The van der Waals surface area contributed by atoms with Gasteiger partial charge in [-0.25, -0.2) is 0 Å². The number of phenols is 1. The maximum Gasteiger partial charge on any atom is 0.118 e. The van der Waals surface area contributed by atoms with Crippen LogP contribution in [0.25, 0.3) is 0 Å². The third-order valence-corrected chi connectivity index (χ3v) is 2.51. The first-order valence-electron chi connectivity index (χ1n) is 5.07. The Bertz CT molecular complexity index is 337. The molecule has 0 aliphatic carbocycles. The van der Waals surface area contributed by atoms with Crippen molar-refractivity contribution in [1.82, 2.24) is 0 Å². The number of hydrogen-bond donors (Lipinski definition) is 1. The van der Waals surface area contributed by atoms with E-state index in [-0.39, 0.29) is 0 Å².